The summed E-state index contributed by atoms with van der Waals surface area (Å²) in [5.74, 6) is 1.27. The van der Waals surface area contributed by atoms with Gasteiger partial charge in [0.05, 0.1) is 6.04 Å². The molecule has 5 aliphatic carbocycles. The van der Waals surface area contributed by atoms with Gasteiger partial charge < -0.3 is 4.90 Å². The largest absolute Gasteiger partial charge is 0.333 e. The van der Waals surface area contributed by atoms with Crippen LogP contribution >= 0.6 is 0 Å². The van der Waals surface area contributed by atoms with Crippen molar-refractivity contribution in [3.63, 3.8) is 0 Å². The number of hydrogen-bond acceptors (Lipinski definition) is 2. The molecule has 0 saturated heterocycles. The first kappa shape index (κ1) is 30.4. The molecule has 51 heavy (non-hydrogen) atoms. The smallest absolute Gasteiger partial charge is 0.0630 e. The van der Waals surface area contributed by atoms with E-state index < -0.39 is 0 Å². The third kappa shape index (κ3) is 4.88. The lowest BCUT2D eigenvalue weighted by molar-refractivity contribution is 0.499. The number of benzene rings is 3. The Kier molecular flexibility index (Phi) is 6.87. The molecule has 6 aliphatic rings. The van der Waals surface area contributed by atoms with E-state index in [0.717, 1.165) is 6.42 Å². The van der Waals surface area contributed by atoms with E-state index in [2.05, 4.69) is 170 Å². The van der Waals surface area contributed by atoms with Gasteiger partial charge in [0.2, 0.25) is 0 Å². The van der Waals surface area contributed by atoms with Crippen LogP contribution in [0.3, 0.4) is 0 Å². The molecule has 0 N–H and O–H groups in total. The molecule has 5 atom stereocenters. The van der Waals surface area contributed by atoms with Crippen molar-refractivity contribution in [2.75, 3.05) is 4.90 Å². The van der Waals surface area contributed by atoms with E-state index in [4.69, 9.17) is 0 Å². The Morgan fingerprint density at radius 3 is 2.39 bits per heavy atom. The normalized spacial score (nSPS) is 25.0. The minimum Gasteiger partial charge on any atom is -0.333 e. The van der Waals surface area contributed by atoms with Crippen molar-refractivity contribution in [1.29, 1.82) is 0 Å². The van der Waals surface area contributed by atoms with E-state index in [1.54, 1.807) is 0 Å². The third-order valence-corrected chi connectivity index (χ3v) is 11.9. The van der Waals surface area contributed by atoms with Gasteiger partial charge in [-0.25, -0.2) is 0 Å². The monoisotopic (exact) mass is 658 g/mol. The summed E-state index contributed by atoms with van der Waals surface area (Å²) in [7, 11) is 0. The van der Waals surface area contributed by atoms with Crippen LogP contribution in [0.25, 0.3) is 23.3 Å². The van der Waals surface area contributed by atoms with Crippen molar-refractivity contribution in [2.45, 2.75) is 51.0 Å². The molecule has 1 aromatic heterocycles. The first-order chi connectivity index (χ1) is 24.9. The average molecular weight is 659 g/mol. The van der Waals surface area contributed by atoms with Crippen LogP contribution in [0.1, 0.15) is 83.9 Å². The SMILES string of the molecule is CC(C)(C)C1=CC2C=Cc3c(C4=CC5c6ccccc6N(c6ccccc6)C5C=C4)cc(C4C=CC(c5cccnc5)=CC4)c4c3C2C(=C1)C=C4. The van der Waals surface area contributed by atoms with E-state index in [1.807, 2.05) is 18.5 Å². The van der Waals surface area contributed by atoms with Gasteiger partial charge in [-0.2, -0.15) is 0 Å². The first-order valence-corrected chi connectivity index (χ1v) is 18.6. The molecule has 5 unspecified atom stereocenters. The summed E-state index contributed by atoms with van der Waals surface area (Å²) in [6, 6.07) is 26.8. The summed E-state index contributed by atoms with van der Waals surface area (Å²) in [5.41, 5.74) is 17.8. The van der Waals surface area contributed by atoms with Crippen LogP contribution in [-0.2, 0) is 0 Å². The van der Waals surface area contributed by atoms with Crippen molar-refractivity contribution in [2.24, 2.45) is 11.3 Å². The molecule has 10 rings (SSSR count). The topological polar surface area (TPSA) is 16.1 Å². The maximum atomic E-state index is 4.38. The van der Waals surface area contributed by atoms with Crippen LogP contribution in [0.15, 0.2) is 157 Å². The summed E-state index contributed by atoms with van der Waals surface area (Å²) in [6.07, 6.45) is 34.2. The van der Waals surface area contributed by atoms with Crippen LogP contribution in [0.5, 0.6) is 0 Å². The fourth-order valence-electron chi connectivity index (χ4n) is 9.39. The zero-order chi connectivity index (χ0) is 34.3. The first-order valence-electron chi connectivity index (χ1n) is 18.6. The highest BCUT2D eigenvalue weighted by atomic mass is 15.2. The number of pyridine rings is 1. The molecule has 0 fully saturated rings. The van der Waals surface area contributed by atoms with Gasteiger partial charge in [-0.15, -0.1) is 0 Å². The molecule has 4 aromatic rings. The average Bonchev–Trinajstić information content (AvgIpc) is 3.50. The van der Waals surface area contributed by atoms with Crippen LogP contribution < -0.4 is 4.90 Å². The van der Waals surface area contributed by atoms with Gasteiger partial charge >= 0.3 is 0 Å². The number of fused-ring (bicyclic) bond motifs is 3. The Bertz CT molecular complexity index is 2330. The van der Waals surface area contributed by atoms with Crippen molar-refractivity contribution < 1.29 is 0 Å². The molecule has 248 valence electrons. The number of para-hydroxylation sites is 2. The predicted molar refractivity (Wildman–Crippen MR) is 214 cm³/mol. The zero-order valence-corrected chi connectivity index (χ0v) is 29.5. The highest BCUT2D eigenvalue weighted by Crippen LogP contribution is 2.55. The number of anilines is 2. The molecule has 2 heterocycles. The lowest BCUT2D eigenvalue weighted by Crippen LogP contribution is -2.29. The summed E-state index contributed by atoms with van der Waals surface area (Å²) >= 11 is 0. The van der Waals surface area contributed by atoms with Crippen LogP contribution in [-0.4, -0.2) is 11.0 Å². The molecule has 0 spiro atoms. The van der Waals surface area contributed by atoms with Crippen LogP contribution in [0, 0.1) is 11.3 Å². The van der Waals surface area contributed by atoms with Gasteiger partial charge in [0, 0.05) is 47.4 Å². The molecular weight excluding hydrogens is 617 g/mol. The minimum atomic E-state index is 0.109. The van der Waals surface area contributed by atoms with E-state index in [-0.39, 0.29) is 17.4 Å². The second-order valence-electron chi connectivity index (χ2n) is 15.9. The van der Waals surface area contributed by atoms with Crippen molar-refractivity contribution in [1.82, 2.24) is 4.98 Å². The highest BCUT2D eigenvalue weighted by Gasteiger charge is 2.41. The van der Waals surface area contributed by atoms with E-state index in [1.165, 1.54) is 72.6 Å². The van der Waals surface area contributed by atoms with Crippen molar-refractivity contribution >= 4 is 34.7 Å². The summed E-state index contributed by atoms with van der Waals surface area (Å²) in [4.78, 5) is 6.91. The van der Waals surface area contributed by atoms with Gasteiger partial charge in [0.1, 0.15) is 0 Å². The third-order valence-electron chi connectivity index (χ3n) is 11.9. The quantitative estimate of drug-likeness (QED) is 0.217. The standard InChI is InChI=1S/C49H42N2/c1-49(2,3)37-26-34-19-22-40-42(32-17-15-31(16-18-32)36-10-9-25-50-30-36)29-43(41-23-20-35(27-37)47(34)48(40)41)33-21-24-46-44(28-33)39-13-7-8-14-45(39)51(46)38-11-5-4-6-12-38/h4-17,19-30,32,35,44,46-47H,18H2,1-3H3. The van der Waals surface area contributed by atoms with Gasteiger partial charge in [0.15, 0.2) is 0 Å². The Morgan fingerprint density at radius 2 is 1.59 bits per heavy atom. The Hall–Kier alpha value is -5.47. The predicted octanol–water partition coefficient (Wildman–Crippen LogP) is 12.1. The second kappa shape index (κ2) is 11.5. The molecule has 1 aliphatic heterocycles. The van der Waals surface area contributed by atoms with Crippen molar-refractivity contribution in [3.8, 4) is 0 Å². The lowest BCUT2D eigenvalue weighted by Gasteiger charge is -2.40. The van der Waals surface area contributed by atoms with Crippen LogP contribution in [0.4, 0.5) is 11.4 Å². The molecule has 3 aromatic carbocycles. The van der Waals surface area contributed by atoms with Gasteiger partial charge in [0.25, 0.3) is 0 Å². The molecule has 0 bridgehead atoms. The minimum absolute atomic E-state index is 0.109. The van der Waals surface area contributed by atoms with Crippen molar-refractivity contribution in [3.05, 3.63) is 196 Å². The Balaban J connectivity index is 1.12. The summed E-state index contributed by atoms with van der Waals surface area (Å²) in [6.45, 7) is 7.01. The molecule has 2 heteroatoms. The van der Waals surface area contributed by atoms with Gasteiger partial charge in [-0.1, -0.05) is 136 Å². The maximum Gasteiger partial charge on any atom is 0.0630 e. The number of aromatic nitrogens is 1. The number of rotatable bonds is 4. The highest BCUT2D eigenvalue weighted by molar-refractivity contribution is 5.90. The summed E-state index contributed by atoms with van der Waals surface area (Å²) < 4.78 is 0. The molecule has 0 radical (unpaired) electrons. The Morgan fingerprint density at radius 1 is 0.745 bits per heavy atom. The van der Waals surface area contributed by atoms with E-state index >= 15 is 0 Å². The molecule has 0 amide bonds. The van der Waals surface area contributed by atoms with Crippen LogP contribution in [0.2, 0.25) is 0 Å². The zero-order valence-electron chi connectivity index (χ0n) is 29.5. The Labute approximate surface area is 302 Å². The van der Waals surface area contributed by atoms with Gasteiger partial charge in [-0.3, -0.25) is 4.98 Å². The molecular formula is C49H42N2. The fourth-order valence-corrected chi connectivity index (χ4v) is 9.39. The maximum absolute atomic E-state index is 4.38. The van der Waals surface area contributed by atoms with Gasteiger partial charge in [-0.05, 0) is 103 Å². The fraction of sp³-hybridized carbons (Fsp3) is 0.204. The second-order valence-corrected chi connectivity index (χ2v) is 15.9. The number of hydrogen-bond donors (Lipinski definition) is 0. The van der Waals surface area contributed by atoms with E-state index in [0.29, 0.717) is 17.8 Å². The number of allylic oxidation sites excluding steroid dienone is 12. The number of nitrogens with zero attached hydrogens (tertiary/aromatic N) is 2. The molecule has 2 nitrogen and oxygen atoms in total. The molecule has 0 saturated carbocycles. The van der Waals surface area contributed by atoms with E-state index in [9.17, 15) is 0 Å². The summed E-state index contributed by atoms with van der Waals surface area (Å²) in [5, 5.41) is 0. The lowest BCUT2D eigenvalue weighted by atomic mass is 9.63.